The number of nitrogens with one attached hydrogen (secondary N) is 1. The predicted octanol–water partition coefficient (Wildman–Crippen LogP) is 3.76. The molecule has 1 amide bonds. The summed E-state index contributed by atoms with van der Waals surface area (Å²) >= 11 is 1.58. The molecular weight excluding hydrogens is 540 g/mol. The lowest BCUT2D eigenvalue weighted by Crippen LogP contribution is -2.47. The van der Waals surface area contributed by atoms with Crippen LogP contribution in [0.15, 0.2) is 53.4 Å². The van der Waals surface area contributed by atoms with E-state index in [1.54, 1.807) is 37.9 Å². The average Bonchev–Trinajstić information content (AvgIpc) is 2.99. The molecule has 2 N–H and O–H groups in total. The number of esters is 1. The molecular formula is C31H36N4O5S. The van der Waals surface area contributed by atoms with Crippen molar-refractivity contribution in [1.82, 2.24) is 14.8 Å². The van der Waals surface area contributed by atoms with Crippen molar-refractivity contribution in [3.8, 4) is 5.88 Å². The van der Waals surface area contributed by atoms with Gasteiger partial charge in [0.25, 0.3) is 0 Å². The molecule has 1 unspecified atom stereocenters. The minimum absolute atomic E-state index is 0.0580. The molecule has 10 heteroatoms. The number of hydrogen-bond acceptors (Lipinski definition) is 9. The molecule has 216 valence electrons. The summed E-state index contributed by atoms with van der Waals surface area (Å²) in [6.45, 7) is 7.12. The van der Waals surface area contributed by atoms with E-state index >= 15 is 0 Å². The van der Waals surface area contributed by atoms with Gasteiger partial charge in [-0.2, -0.15) is 0 Å². The maximum Gasteiger partial charge on any atom is 0.330 e. The SMILES string of the molecule is CCOC(=O)/C=C/c1ccc(C(O)CN2CCN(CCc3ccc4c(c3)NC(=O)CS4)CC2)c2nc(OC)ccc12. The topological polar surface area (TPSA) is 104 Å². The number of piperazine rings is 1. The van der Waals surface area contributed by atoms with Crippen molar-refractivity contribution in [2.45, 2.75) is 24.3 Å². The van der Waals surface area contributed by atoms with E-state index in [9.17, 15) is 14.7 Å². The second-order valence-electron chi connectivity index (χ2n) is 10.2. The van der Waals surface area contributed by atoms with Gasteiger partial charge in [0, 0.05) is 67.3 Å². The standard InChI is InChI=1S/C31H36N4O5S/c1-3-40-30(38)11-6-22-5-7-24(31-23(22)8-10-29(33-31)39-2)26(36)19-35-16-14-34(15-17-35)13-12-21-4-9-27-25(18-21)32-28(37)20-41-27/h4-11,18,26,36H,3,12-17,19-20H2,1-2H3,(H,32,37)/b11-6+. The Balaban J connectivity index is 1.19. The van der Waals surface area contributed by atoms with Crippen LogP contribution in [-0.2, 0) is 20.7 Å². The first-order valence-electron chi connectivity index (χ1n) is 13.9. The number of β-amino-alcohol motifs (C(OH)–C–C–N with tert-alkyl or cyclic N) is 1. The van der Waals surface area contributed by atoms with Crippen LogP contribution in [-0.4, -0.2) is 90.5 Å². The molecule has 1 fully saturated rings. The van der Waals surface area contributed by atoms with Gasteiger partial charge >= 0.3 is 5.97 Å². The summed E-state index contributed by atoms with van der Waals surface area (Å²) in [7, 11) is 1.57. The highest BCUT2D eigenvalue weighted by Crippen LogP contribution is 2.32. The normalized spacial score (nSPS) is 16.9. The third-order valence-electron chi connectivity index (χ3n) is 7.44. The molecule has 3 heterocycles. The van der Waals surface area contributed by atoms with E-state index in [2.05, 4.69) is 38.3 Å². The van der Waals surface area contributed by atoms with Crippen molar-refractivity contribution in [2.75, 3.05) is 64.1 Å². The van der Waals surface area contributed by atoms with Gasteiger partial charge in [0.1, 0.15) is 0 Å². The number of hydrogen-bond donors (Lipinski definition) is 2. The monoisotopic (exact) mass is 576 g/mol. The molecule has 0 bridgehead atoms. The van der Waals surface area contributed by atoms with Crippen LogP contribution >= 0.6 is 11.8 Å². The molecule has 0 radical (unpaired) electrons. The van der Waals surface area contributed by atoms with E-state index in [0.717, 1.165) is 66.2 Å². The minimum Gasteiger partial charge on any atom is -0.481 e. The zero-order chi connectivity index (χ0) is 28.8. The summed E-state index contributed by atoms with van der Waals surface area (Å²) in [6.07, 6.45) is 3.31. The van der Waals surface area contributed by atoms with Crippen molar-refractivity contribution >= 4 is 46.3 Å². The molecule has 1 saturated heterocycles. The second kappa shape index (κ2) is 13.5. The van der Waals surface area contributed by atoms with Crippen LogP contribution in [0.5, 0.6) is 5.88 Å². The Bertz CT molecular complexity index is 1440. The molecule has 2 aliphatic heterocycles. The minimum atomic E-state index is -0.727. The van der Waals surface area contributed by atoms with Crippen LogP contribution in [0, 0.1) is 0 Å². The number of ether oxygens (including phenoxy) is 2. The van der Waals surface area contributed by atoms with Crippen LogP contribution in [0.3, 0.4) is 0 Å². The lowest BCUT2D eigenvalue weighted by Gasteiger charge is -2.35. The average molecular weight is 577 g/mol. The second-order valence-corrected chi connectivity index (χ2v) is 11.2. The van der Waals surface area contributed by atoms with Crippen molar-refractivity contribution in [1.29, 1.82) is 0 Å². The smallest absolute Gasteiger partial charge is 0.330 e. The molecule has 1 atom stereocenters. The van der Waals surface area contributed by atoms with Gasteiger partial charge in [0.05, 0.1) is 36.8 Å². The quantitative estimate of drug-likeness (QED) is 0.276. The highest BCUT2D eigenvalue weighted by Gasteiger charge is 2.22. The number of methoxy groups -OCH3 is 1. The highest BCUT2D eigenvalue weighted by molar-refractivity contribution is 8.00. The van der Waals surface area contributed by atoms with Crippen LogP contribution in [0.4, 0.5) is 5.69 Å². The van der Waals surface area contributed by atoms with Crippen LogP contribution in [0.2, 0.25) is 0 Å². The van der Waals surface area contributed by atoms with Gasteiger partial charge in [-0.3, -0.25) is 9.69 Å². The molecule has 2 aromatic carbocycles. The summed E-state index contributed by atoms with van der Waals surface area (Å²) in [5, 5.41) is 15.1. The number of thioether (sulfide) groups is 1. The molecule has 0 spiro atoms. The lowest BCUT2D eigenvalue weighted by molar-refractivity contribution is -0.137. The third kappa shape index (κ3) is 7.26. The maximum atomic E-state index is 11.8. The largest absolute Gasteiger partial charge is 0.481 e. The van der Waals surface area contributed by atoms with Crippen LogP contribution < -0.4 is 10.1 Å². The number of carbonyl (C=O) groups excluding carboxylic acids is 2. The molecule has 1 aromatic heterocycles. The zero-order valence-electron chi connectivity index (χ0n) is 23.5. The fourth-order valence-corrected chi connectivity index (χ4v) is 6.02. The van der Waals surface area contributed by atoms with Gasteiger partial charge in [-0.1, -0.05) is 18.2 Å². The van der Waals surface area contributed by atoms with Crippen molar-refractivity contribution < 1.29 is 24.2 Å². The van der Waals surface area contributed by atoms with E-state index in [4.69, 9.17) is 9.47 Å². The van der Waals surface area contributed by atoms with Gasteiger partial charge in [-0.15, -0.1) is 11.8 Å². The number of amides is 1. The summed E-state index contributed by atoms with van der Waals surface area (Å²) in [4.78, 5) is 34.1. The van der Waals surface area contributed by atoms with Gasteiger partial charge in [-0.25, -0.2) is 9.78 Å². The number of aliphatic hydroxyl groups excluding tert-OH is 1. The molecule has 0 saturated carbocycles. The van der Waals surface area contributed by atoms with E-state index in [1.165, 1.54) is 11.6 Å². The summed E-state index contributed by atoms with van der Waals surface area (Å²) in [5.41, 5.74) is 4.34. The van der Waals surface area contributed by atoms with Crippen molar-refractivity contribution in [3.05, 3.63) is 65.2 Å². The molecule has 41 heavy (non-hydrogen) atoms. The van der Waals surface area contributed by atoms with Crippen LogP contribution in [0.25, 0.3) is 17.0 Å². The Morgan fingerprint density at radius 1 is 1.15 bits per heavy atom. The van der Waals surface area contributed by atoms with Gasteiger partial charge in [0.2, 0.25) is 11.8 Å². The Hall–Kier alpha value is -3.44. The molecule has 5 rings (SSSR count). The van der Waals surface area contributed by atoms with Gasteiger partial charge in [0.15, 0.2) is 0 Å². The molecule has 2 aliphatic rings. The van der Waals surface area contributed by atoms with E-state index in [1.807, 2.05) is 18.2 Å². The van der Waals surface area contributed by atoms with Crippen LogP contribution in [0.1, 0.15) is 29.7 Å². The molecule has 9 nitrogen and oxygen atoms in total. The Morgan fingerprint density at radius 2 is 1.95 bits per heavy atom. The Morgan fingerprint density at radius 3 is 2.73 bits per heavy atom. The first-order valence-corrected chi connectivity index (χ1v) is 14.9. The first-order chi connectivity index (χ1) is 19.9. The van der Waals surface area contributed by atoms with Crippen molar-refractivity contribution in [2.24, 2.45) is 0 Å². The van der Waals surface area contributed by atoms with E-state index in [-0.39, 0.29) is 5.91 Å². The van der Waals surface area contributed by atoms with Gasteiger partial charge < -0.3 is 24.8 Å². The number of pyridine rings is 1. The zero-order valence-corrected chi connectivity index (χ0v) is 24.3. The summed E-state index contributed by atoms with van der Waals surface area (Å²) in [5.74, 6) is 0.598. The Labute approximate surface area is 244 Å². The van der Waals surface area contributed by atoms with Crippen molar-refractivity contribution in [3.63, 3.8) is 0 Å². The van der Waals surface area contributed by atoms with Gasteiger partial charge in [-0.05, 0) is 48.7 Å². The fraction of sp³-hybridized carbons (Fsp3) is 0.387. The number of aromatic nitrogens is 1. The number of nitrogens with zero attached hydrogens (tertiary/aromatic N) is 3. The fourth-order valence-electron chi connectivity index (χ4n) is 5.23. The number of aliphatic hydroxyl groups is 1. The lowest BCUT2D eigenvalue weighted by atomic mass is 9.99. The predicted molar refractivity (Wildman–Crippen MR) is 161 cm³/mol. The summed E-state index contributed by atoms with van der Waals surface area (Å²) < 4.78 is 10.4. The number of rotatable bonds is 10. The summed E-state index contributed by atoms with van der Waals surface area (Å²) in [6, 6.07) is 13.8. The molecule has 0 aliphatic carbocycles. The Kier molecular flexibility index (Phi) is 9.56. The number of carbonyl (C=O) groups is 2. The highest BCUT2D eigenvalue weighted by atomic mass is 32.2. The number of anilines is 1. The number of fused-ring (bicyclic) bond motifs is 2. The van der Waals surface area contributed by atoms with E-state index < -0.39 is 12.1 Å². The number of benzene rings is 2. The van der Waals surface area contributed by atoms with E-state index in [0.29, 0.717) is 30.3 Å². The third-order valence-corrected chi connectivity index (χ3v) is 8.51. The maximum absolute atomic E-state index is 11.8. The molecule has 3 aromatic rings. The first kappa shape index (κ1) is 29.1.